The summed E-state index contributed by atoms with van der Waals surface area (Å²) in [5, 5.41) is 3.54. The largest absolute Gasteiger partial charge is 0.357 e. The zero-order chi connectivity index (χ0) is 16.1. The van der Waals surface area contributed by atoms with Gasteiger partial charge in [0.2, 0.25) is 0 Å². The Morgan fingerprint density at radius 3 is 2.57 bits per heavy atom. The van der Waals surface area contributed by atoms with Gasteiger partial charge in [-0.1, -0.05) is 19.8 Å². The molecule has 0 aromatic heterocycles. The maximum Gasteiger partial charge on any atom is 0.193 e. The Labute approximate surface area is 142 Å². The van der Waals surface area contributed by atoms with Crippen LogP contribution in [0.5, 0.6) is 0 Å². The number of nitrogens with zero attached hydrogens (tertiary/aromatic N) is 3. The van der Waals surface area contributed by atoms with Crippen LogP contribution in [0.15, 0.2) is 4.99 Å². The normalized spacial score (nSPS) is 28.7. The second-order valence-corrected chi connectivity index (χ2v) is 8.30. The molecule has 0 radical (unpaired) electrons. The highest BCUT2D eigenvalue weighted by Gasteiger charge is 2.30. The van der Waals surface area contributed by atoms with Crippen LogP contribution in [0.2, 0.25) is 0 Å². The standard InChI is InChI=1S/C19H36N4/c1-3-20-18(21-16-19(2)9-4-5-10-19)23-13-8-17(15-23)14-22-11-6-7-12-22/h17H,3-16H2,1-2H3,(H,20,21). The van der Waals surface area contributed by atoms with Gasteiger partial charge in [0.25, 0.3) is 0 Å². The molecule has 3 aliphatic rings. The summed E-state index contributed by atoms with van der Waals surface area (Å²) in [5.41, 5.74) is 0.454. The SMILES string of the molecule is CCNC(=NCC1(C)CCCC1)N1CCC(CN2CCCC2)C1. The molecule has 3 rings (SSSR count). The van der Waals surface area contributed by atoms with Gasteiger partial charge in [0.15, 0.2) is 5.96 Å². The molecule has 132 valence electrons. The molecular weight excluding hydrogens is 284 g/mol. The smallest absolute Gasteiger partial charge is 0.193 e. The van der Waals surface area contributed by atoms with Gasteiger partial charge in [-0.2, -0.15) is 0 Å². The number of hydrogen-bond donors (Lipinski definition) is 1. The summed E-state index contributed by atoms with van der Waals surface area (Å²) >= 11 is 0. The first-order chi connectivity index (χ1) is 11.2. The van der Waals surface area contributed by atoms with Gasteiger partial charge in [-0.15, -0.1) is 0 Å². The number of rotatable bonds is 5. The van der Waals surface area contributed by atoms with E-state index in [9.17, 15) is 0 Å². The second kappa shape index (κ2) is 7.87. The van der Waals surface area contributed by atoms with Gasteiger partial charge in [-0.05, 0) is 63.5 Å². The van der Waals surface area contributed by atoms with Gasteiger partial charge in [0.05, 0.1) is 0 Å². The Morgan fingerprint density at radius 1 is 1.13 bits per heavy atom. The molecule has 0 aromatic carbocycles. The highest BCUT2D eigenvalue weighted by Crippen LogP contribution is 2.37. The van der Waals surface area contributed by atoms with E-state index in [0.717, 1.165) is 19.0 Å². The van der Waals surface area contributed by atoms with Gasteiger partial charge in [-0.3, -0.25) is 4.99 Å². The molecule has 1 atom stereocenters. The molecule has 0 amide bonds. The third kappa shape index (κ3) is 4.62. The van der Waals surface area contributed by atoms with Crippen molar-refractivity contribution >= 4 is 5.96 Å². The molecule has 2 aliphatic heterocycles. The average molecular weight is 321 g/mol. The molecule has 23 heavy (non-hydrogen) atoms. The maximum absolute atomic E-state index is 5.03. The summed E-state index contributed by atoms with van der Waals surface area (Å²) in [5.74, 6) is 2.00. The predicted octanol–water partition coefficient (Wildman–Crippen LogP) is 2.95. The summed E-state index contributed by atoms with van der Waals surface area (Å²) in [4.78, 5) is 10.2. The molecule has 0 aromatic rings. The Bertz CT molecular complexity index is 394. The lowest BCUT2D eigenvalue weighted by molar-refractivity contribution is 0.280. The van der Waals surface area contributed by atoms with E-state index in [1.807, 2.05) is 0 Å². The highest BCUT2D eigenvalue weighted by atomic mass is 15.3. The van der Waals surface area contributed by atoms with Crippen molar-refractivity contribution in [1.82, 2.24) is 15.1 Å². The molecular formula is C19H36N4. The van der Waals surface area contributed by atoms with Gasteiger partial charge in [0, 0.05) is 32.7 Å². The van der Waals surface area contributed by atoms with Crippen LogP contribution in [-0.4, -0.2) is 61.6 Å². The number of guanidine groups is 1. The lowest BCUT2D eigenvalue weighted by Gasteiger charge is -2.26. The molecule has 1 saturated carbocycles. The first-order valence-electron chi connectivity index (χ1n) is 9.94. The molecule has 4 nitrogen and oxygen atoms in total. The topological polar surface area (TPSA) is 30.9 Å². The van der Waals surface area contributed by atoms with Crippen molar-refractivity contribution in [3.63, 3.8) is 0 Å². The Morgan fingerprint density at radius 2 is 1.87 bits per heavy atom. The van der Waals surface area contributed by atoms with E-state index in [4.69, 9.17) is 4.99 Å². The second-order valence-electron chi connectivity index (χ2n) is 8.30. The summed E-state index contributed by atoms with van der Waals surface area (Å²) in [7, 11) is 0. The molecule has 3 fully saturated rings. The molecule has 2 saturated heterocycles. The number of nitrogens with one attached hydrogen (secondary N) is 1. The maximum atomic E-state index is 5.03. The quantitative estimate of drug-likeness (QED) is 0.624. The van der Waals surface area contributed by atoms with Gasteiger partial charge in [-0.25, -0.2) is 0 Å². The van der Waals surface area contributed by atoms with Crippen LogP contribution in [0.4, 0.5) is 0 Å². The van der Waals surface area contributed by atoms with Crippen LogP contribution in [0.25, 0.3) is 0 Å². The van der Waals surface area contributed by atoms with E-state index < -0.39 is 0 Å². The highest BCUT2D eigenvalue weighted by molar-refractivity contribution is 5.80. The molecule has 2 heterocycles. The number of aliphatic imine (C=N–C) groups is 1. The predicted molar refractivity (Wildman–Crippen MR) is 97.9 cm³/mol. The lowest BCUT2D eigenvalue weighted by atomic mass is 9.89. The van der Waals surface area contributed by atoms with E-state index in [-0.39, 0.29) is 0 Å². The van der Waals surface area contributed by atoms with Crippen molar-refractivity contribution in [2.45, 2.75) is 58.8 Å². The monoisotopic (exact) mass is 320 g/mol. The van der Waals surface area contributed by atoms with Crippen LogP contribution in [-0.2, 0) is 0 Å². The van der Waals surface area contributed by atoms with Crippen LogP contribution in [0, 0.1) is 11.3 Å². The van der Waals surface area contributed by atoms with Crippen molar-refractivity contribution in [1.29, 1.82) is 0 Å². The Kier molecular flexibility index (Phi) is 5.84. The van der Waals surface area contributed by atoms with Crippen LogP contribution >= 0.6 is 0 Å². The summed E-state index contributed by atoms with van der Waals surface area (Å²) in [6.07, 6.45) is 9.63. The first kappa shape index (κ1) is 17.1. The van der Waals surface area contributed by atoms with Crippen molar-refractivity contribution in [2.75, 3.05) is 45.8 Å². The van der Waals surface area contributed by atoms with E-state index >= 15 is 0 Å². The van der Waals surface area contributed by atoms with Gasteiger partial charge in [0.1, 0.15) is 0 Å². The fourth-order valence-electron chi connectivity index (χ4n) is 4.58. The Hall–Kier alpha value is -0.770. The number of hydrogen-bond acceptors (Lipinski definition) is 2. The minimum Gasteiger partial charge on any atom is -0.357 e. The third-order valence-corrected chi connectivity index (χ3v) is 6.06. The third-order valence-electron chi connectivity index (χ3n) is 6.06. The molecule has 0 spiro atoms. The average Bonchev–Trinajstić information content (AvgIpc) is 3.27. The van der Waals surface area contributed by atoms with Gasteiger partial charge < -0.3 is 15.1 Å². The lowest BCUT2D eigenvalue weighted by Crippen LogP contribution is -2.41. The Balaban J connectivity index is 1.53. The van der Waals surface area contributed by atoms with Crippen molar-refractivity contribution < 1.29 is 0 Å². The molecule has 1 unspecified atom stereocenters. The summed E-state index contributed by atoms with van der Waals surface area (Å²) < 4.78 is 0. The van der Waals surface area contributed by atoms with Crippen molar-refractivity contribution in [3.05, 3.63) is 0 Å². The fourth-order valence-corrected chi connectivity index (χ4v) is 4.58. The van der Waals surface area contributed by atoms with Gasteiger partial charge >= 0.3 is 0 Å². The molecule has 1 aliphatic carbocycles. The zero-order valence-corrected chi connectivity index (χ0v) is 15.3. The van der Waals surface area contributed by atoms with E-state index in [2.05, 4.69) is 29.0 Å². The van der Waals surface area contributed by atoms with Crippen molar-refractivity contribution in [3.8, 4) is 0 Å². The molecule has 0 bridgehead atoms. The minimum absolute atomic E-state index is 0.454. The fraction of sp³-hybridized carbons (Fsp3) is 0.947. The molecule has 4 heteroatoms. The van der Waals surface area contributed by atoms with E-state index in [1.54, 1.807) is 0 Å². The van der Waals surface area contributed by atoms with E-state index in [1.165, 1.54) is 83.6 Å². The van der Waals surface area contributed by atoms with Crippen molar-refractivity contribution in [2.24, 2.45) is 16.3 Å². The zero-order valence-electron chi connectivity index (χ0n) is 15.3. The van der Waals surface area contributed by atoms with Crippen LogP contribution in [0.3, 0.4) is 0 Å². The van der Waals surface area contributed by atoms with Crippen LogP contribution < -0.4 is 5.32 Å². The van der Waals surface area contributed by atoms with Crippen LogP contribution in [0.1, 0.15) is 58.8 Å². The van der Waals surface area contributed by atoms with E-state index in [0.29, 0.717) is 5.41 Å². The first-order valence-corrected chi connectivity index (χ1v) is 9.94. The summed E-state index contributed by atoms with van der Waals surface area (Å²) in [6.45, 7) is 12.9. The summed E-state index contributed by atoms with van der Waals surface area (Å²) in [6, 6.07) is 0. The minimum atomic E-state index is 0.454. The molecule has 1 N–H and O–H groups in total. The number of likely N-dealkylation sites (tertiary alicyclic amines) is 2.